The molecule has 1 aliphatic heterocycles. The molecule has 1 unspecified atom stereocenters. The van der Waals surface area contributed by atoms with E-state index in [1.165, 1.54) is 18.4 Å². The Balaban J connectivity index is 1.49. The largest absolute Gasteiger partial charge is 0.469 e. The molecule has 1 atom stereocenters. The number of likely N-dealkylation sites (N-methyl/N-ethyl adjacent to an activating group) is 1. The van der Waals surface area contributed by atoms with Gasteiger partial charge in [0.1, 0.15) is 5.76 Å². The molecule has 0 saturated carbocycles. The molecule has 0 bridgehead atoms. The van der Waals surface area contributed by atoms with Gasteiger partial charge < -0.3 is 15.1 Å². The molecule has 2 aliphatic rings. The summed E-state index contributed by atoms with van der Waals surface area (Å²) in [5.41, 5.74) is 1.36. The van der Waals surface area contributed by atoms with Gasteiger partial charge in [-0.1, -0.05) is 0 Å². The van der Waals surface area contributed by atoms with Crippen LogP contribution in [0.3, 0.4) is 0 Å². The van der Waals surface area contributed by atoms with Gasteiger partial charge in [0.25, 0.3) is 0 Å². The number of piperidine rings is 1. The smallest absolute Gasteiger partial charge is 0.233 e. The minimum Gasteiger partial charge on any atom is -0.469 e. The third kappa shape index (κ3) is 3.47. The van der Waals surface area contributed by atoms with Crippen molar-refractivity contribution < 1.29 is 9.21 Å². The lowest BCUT2D eigenvalue weighted by Crippen LogP contribution is -2.46. The number of nitrogens with zero attached hydrogens (tertiary/aromatic N) is 1. The second-order valence-corrected chi connectivity index (χ2v) is 6.13. The summed E-state index contributed by atoms with van der Waals surface area (Å²) >= 11 is 0. The van der Waals surface area contributed by atoms with Crippen molar-refractivity contribution >= 4 is 5.91 Å². The van der Waals surface area contributed by atoms with Crippen LogP contribution in [0, 0.1) is 0 Å². The topological polar surface area (TPSA) is 57.5 Å². The molecule has 1 saturated heterocycles. The fraction of sp³-hybridized carbons (Fsp3) is 0.688. The van der Waals surface area contributed by atoms with Gasteiger partial charge in [0.15, 0.2) is 0 Å². The fourth-order valence-corrected chi connectivity index (χ4v) is 3.48. The Hall–Kier alpha value is -1.33. The first-order valence-corrected chi connectivity index (χ1v) is 8.01. The summed E-state index contributed by atoms with van der Waals surface area (Å²) in [6.07, 6.45) is 7.52. The number of amides is 1. The maximum Gasteiger partial charge on any atom is 0.233 e. The van der Waals surface area contributed by atoms with E-state index in [1.54, 1.807) is 7.05 Å². The number of hydrogen-bond donors (Lipinski definition) is 2. The molecule has 1 aliphatic carbocycles. The zero-order chi connectivity index (χ0) is 14.7. The van der Waals surface area contributed by atoms with Crippen LogP contribution in [0.5, 0.6) is 0 Å². The molecule has 1 fully saturated rings. The standard InChI is InChI=1S/C16H25N3O2/c1-17-16(20)11-19-8-5-12(6-9-19)18-14-3-2-4-15-13(14)7-10-21-15/h7,10,12,14,18H,2-6,8-9,11H2,1H3,(H,17,20). The number of carbonyl (C=O) groups excluding carboxylic acids is 1. The van der Waals surface area contributed by atoms with Crippen LogP contribution in [-0.4, -0.2) is 43.5 Å². The molecule has 1 aromatic heterocycles. The number of nitrogens with one attached hydrogen (secondary N) is 2. The first-order valence-electron chi connectivity index (χ1n) is 8.01. The van der Waals surface area contributed by atoms with Gasteiger partial charge >= 0.3 is 0 Å². The van der Waals surface area contributed by atoms with Gasteiger partial charge in [0.2, 0.25) is 5.91 Å². The van der Waals surface area contributed by atoms with Gasteiger partial charge in [0, 0.05) is 44.2 Å². The Kier molecular flexibility index (Phi) is 4.60. The lowest BCUT2D eigenvalue weighted by Gasteiger charge is -2.35. The first-order chi connectivity index (χ1) is 10.3. The number of fused-ring (bicyclic) bond motifs is 1. The molecule has 2 heterocycles. The van der Waals surface area contributed by atoms with Crippen LogP contribution in [0.2, 0.25) is 0 Å². The van der Waals surface area contributed by atoms with Crippen LogP contribution < -0.4 is 10.6 Å². The highest BCUT2D eigenvalue weighted by Crippen LogP contribution is 2.31. The van der Waals surface area contributed by atoms with E-state index in [-0.39, 0.29) is 5.91 Å². The maximum atomic E-state index is 11.4. The van der Waals surface area contributed by atoms with Gasteiger partial charge in [-0.05, 0) is 31.7 Å². The number of furan rings is 1. The molecule has 5 nitrogen and oxygen atoms in total. The summed E-state index contributed by atoms with van der Waals surface area (Å²) in [6, 6.07) is 3.12. The molecular formula is C16H25N3O2. The summed E-state index contributed by atoms with van der Waals surface area (Å²) in [4.78, 5) is 13.6. The normalized spacial score (nSPS) is 23.8. The summed E-state index contributed by atoms with van der Waals surface area (Å²) in [5, 5.41) is 6.49. The average Bonchev–Trinajstić information content (AvgIpc) is 2.99. The molecule has 5 heteroatoms. The van der Waals surface area contributed by atoms with Gasteiger partial charge in [-0.3, -0.25) is 9.69 Å². The van der Waals surface area contributed by atoms with Crippen molar-refractivity contribution in [3.8, 4) is 0 Å². The van der Waals surface area contributed by atoms with Crippen molar-refractivity contribution in [3.63, 3.8) is 0 Å². The maximum absolute atomic E-state index is 11.4. The van der Waals surface area contributed by atoms with Crippen LogP contribution in [0.1, 0.15) is 43.0 Å². The van der Waals surface area contributed by atoms with E-state index in [1.807, 2.05) is 6.26 Å². The molecule has 0 aromatic carbocycles. The van der Waals surface area contributed by atoms with E-state index in [0.717, 1.165) is 38.1 Å². The molecular weight excluding hydrogens is 266 g/mol. The van der Waals surface area contributed by atoms with Gasteiger partial charge in [-0.25, -0.2) is 0 Å². The number of carbonyl (C=O) groups is 1. The number of rotatable bonds is 4. The highest BCUT2D eigenvalue weighted by Gasteiger charge is 2.27. The second kappa shape index (κ2) is 6.62. The molecule has 3 rings (SSSR count). The van der Waals surface area contributed by atoms with Crippen molar-refractivity contribution in [2.75, 3.05) is 26.7 Å². The van der Waals surface area contributed by atoms with Crippen molar-refractivity contribution in [3.05, 3.63) is 23.7 Å². The Morgan fingerprint density at radius 1 is 1.38 bits per heavy atom. The molecule has 21 heavy (non-hydrogen) atoms. The molecule has 0 radical (unpaired) electrons. The highest BCUT2D eigenvalue weighted by molar-refractivity contribution is 5.77. The zero-order valence-electron chi connectivity index (χ0n) is 12.7. The van der Waals surface area contributed by atoms with Crippen molar-refractivity contribution in [1.29, 1.82) is 0 Å². The number of hydrogen-bond acceptors (Lipinski definition) is 4. The van der Waals surface area contributed by atoms with E-state index in [0.29, 0.717) is 18.6 Å². The zero-order valence-corrected chi connectivity index (χ0v) is 12.7. The Morgan fingerprint density at radius 2 is 2.19 bits per heavy atom. The highest BCUT2D eigenvalue weighted by atomic mass is 16.3. The summed E-state index contributed by atoms with van der Waals surface area (Å²) < 4.78 is 5.56. The van der Waals surface area contributed by atoms with Crippen LogP contribution in [-0.2, 0) is 11.2 Å². The van der Waals surface area contributed by atoms with E-state index >= 15 is 0 Å². The predicted octanol–water partition coefficient (Wildman–Crippen LogP) is 1.46. The van der Waals surface area contributed by atoms with Crippen LogP contribution in [0.4, 0.5) is 0 Å². The van der Waals surface area contributed by atoms with Gasteiger partial charge in [0.05, 0.1) is 12.8 Å². The van der Waals surface area contributed by atoms with E-state index in [4.69, 9.17) is 4.42 Å². The summed E-state index contributed by atoms with van der Waals surface area (Å²) in [5.74, 6) is 1.27. The summed E-state index contributed by atoms with van der Waals surface area (Å²) in [6.45, 7) is 2.52. The summed E-state index contributed by atoms with van der Waals surface area (Å²) in [7, 11) is 1.70. The third-order valence-electron chi connectivity index (χ3n) is 4.72. The Morgan fingerprint density at radius 3 is 2.95 bits per heavy atom. The Bertz CT molecular complexity index is 478. The molecule has 1 aromatic rings. The Labute approximate surface area is 126 Å². The van der Waals surface area contributed by atoms with Crippen molar-refractivity contribution in [2.45, 2.75) is 44.2 Å². The van der Waals surface area contributed by atoms with Gasteiger partial charge in [-0.15, -0.1) is 0 Å². The van der Waals surface area contributed by atoms with Gasteiger partial charge in [-0.2, -0.15) is 0 Å². The minimum absolute atomic E-state index is 0.108. The van der Waals surface area contributed by atoms with E-state index in [2.05, 4.69) is 21.6 Å². The molecule has 0 spiro atoms. The third-order valence-corrected chi connectivity index (χ3v) is 4.72. The van der Waals surface area contributed by atoms with Crippen LogP contribution in [0.15, 0.2) is 16.7 Å². The minimum atomic E-state index is 0.108. The lowest BCUT2D eigenvalue weighted by atomic mass is 9.91. The first kappa shape index (κ1) is 14.6. The monoisotopic (exact) mass is 291 g/mol. The lowest BCUT2D eigenvalue weighted by molar-refractivity contribution is -0.122. The fourth-order valence-electron chi connectivity index (χ4n) is 3.48. The van der Waals surface area contributed by atoms with E-state index < -0.39 is 0 Å². The average molecular weight is 291 g/mol. The van der Waals surface area contributed by atoms with E-state index in [9.17, 15) is 4.79 Å². The van der Waals surface area contributed by atoms with Crippen LogP contribution >= 0.6 is 0 Å². The number of aryl methyl sites for hydroxylation is 1. The molecule has 2 N–H and O–H groups in total. The molecule has 1 amide bonds. The quantitative estimate of drug-likeness (QED) is 0.882. The van der Waals surface area contributed by atoms with Crippen molar-refractivity contribution in [1.82, 2.24) is 15.5 Å². The van der Waals surface area contributed by atoms with Crippen molar-refractivity contribution in [2.24, 2.45) is 0 Å². The van der Waals surface area contributed by atoms with Crippen LogP contribution in [0.25, 0.3) is 0 Å². The number of likely N-dealkylation sites (tertiary alicyclic amines) is 1. The SMILES string of the molecule is CNC(=O)CN1CCC(NC2CCCc3occc32)CC1. The predicted molar refractivity (Wildman–Crippen MR) is 81.1 cm³/mol. The molecule has 116 valence electrons. The second-order valence-electron chi connectivity index (χ2n) is 6.13.